The predicted molar refractivity (Wildman–Crippen MR) is 141 cm³/mol. The third kappa shape index (κ3) is 7.01. The van der Waals surface area contributed by atoms with Gasteiger partial charge in [0.25, 0.3) is 0 Å². The third-order valence-electron chi connectivity index (χ3n) is 6.46. The number of rotatable bonds is 5. The van der Waals surface area contributed by atoms with Gasteiger partial charge in [-0.2, -0.15) is 13.2 Å². The standard InChI is InChI=1S/C25H25FN4OS.C2HF3O2/c1-16(31)29(2)20-11-12-30(15-20)14-17-3-5-18(6-4-17)23-9-10-24(32-23)25-27-21-8-7-19(26)13-22(21)28-25;3-2(4,5)1(6)7/h3-10,13,20H,11-12,14-15H2,1-2H3,(H,27,28);(H,6,7). The number of aromatic nitrogens is 2. The number of carbonyl (C=O) groups is 2. The Labute approximate surface area is 225 Å². The highest BCUT2D eigenvalue weighted by molar-refractivity contribution is 7.18. The number of likely N-dealkylation sites (tertiary alicyclic amines) is 1. The lowest BCUT2D eigenvalue weighted by molar-refractivity contribution is -0.192. The second-order valence-corrected chi connectivity index (χ2v) is 10.3. The Morgan fingerprint density at radius 2 is 1.79 bits per heavy atom. The van der Waals surface area contributed by atoms with Crippen molar-refractivity contribution in [2.24, 2.45) is 0 Å². The van der Waals surface area contributed by atoms with Crippen molar-refractivity contribution in [3.05, 3.63) is 66.0 Å². The Morgan fingerprint density at radius 1 is 1.13 bits per heavy atom. The third-order valence-corrected chi connectivity index (χ3v) is 7.60. The van der Waals surface area contributed by atoms with Gasteiger partial charge in [-0.1, -0.05) is 24.3 Å². The number of aliphatic carboxylic acids is 1. The van der Waals surface area contributed by atoms with E-state index in [9.17, 15) is 22.4 Å². The van der Waals surface area contributed by atoms with Gasteiger partial charge in [-0.25, -0.2) is 14.2 Å². The molecule has 0 spiro atoms. The van der Waals surface area contributed by atoms with Crippen molar-refractivity contribution in [1.82, 2.24) is 19.8 Å². The molecule has 2 aromatic heterocycles. The van der Waals surface area contributed by atoms with Gasteiger partial charge < -0.3 is 15.0 Å². The Hall–Kier alpha value is -3.77. The lowest BCUT2D eigenvalue weighted by Gasteiger charge is -2.23. The summed E-state index contributed by atoms with van der Waals surface area (Å²) < 4.78 is 45.2. The van der Waals surface area contributed by atoms with E-state index in [4.69, 9.17) is 9.90 Å². The highest BCUT2D eigenvalue weighted by atomic mass is 32.1. The molecule has 0 saturated carbocycles. The molecular formula is C27H26F4N4O3S. The second-order valence-electron chi connectivity index (χ2n) is 9.22. The minimum absolute atomic E-state index is 0.131. The summed E-state index contributed by atoms with van der Waals surface area (Å²) in [5, 5.41) is 7.12. The van der Waals surface area contributed by atoms with E-state index in [-0.39, 0.29) is 11.7 Å². The Morgan fingerprint density at radius 3 is 2.44 bits per heavy atom. The molecule has 0 radical (unpaired) electrons. The second kappa shape index (κ2) is 11.5. The number of nitrogens with one attached hydrogen (secondary N) is 1. The maximum atomic E-state index is 13.5. The van der Waals surface area contributed by atoms with Gasteiger partial charge in [0.05, 0.1) is 15.9 Å². The maximum Gasteiger partial charge on any atom is 0.490 e. The number of thiophene rings is 1. The largest absolute Gasteiger partial charge is 0.490 e. The number of imidazole rings is 1. The van der Waals surface area contributed by atoms with Crippen LogP contribution in [0, 0.1) is 5.82 Å². The fraction of sp³-hybridized carbons (Fsp3) is 0.296. The van der Waals surface area contributed by atoms with E-state index >= 15 is 0 Å². The summed E-state index contributed by atoms with van der Waals surface area (Å²) in [7, 11) is 1.89. The van der Waals surface area contributed by atoms with Gasteiger partial charge in [-0.05, 0) is 47.9 Å². The van der Waals surface area contributed by atoms with Crippen LogP contribution in [0.5, 0.6) is 0 Å². The van der Waals surface area contributed by atoms with Gasteiger partial charge >= 0.3 is 12.1 Å². The van der Waals surface area contributed by atoms with Crippen LogP contribution in [0.3, 0.4) is 0 Å². The first kappa shape index (κ1) is 28.2. The zero-order valence-electron chi connectivity index (χ0n) is 21.1. The first-order valence-corrected chi connectivity index (χ1v) is 12.8. The molecule has 1 saturated heterocycles. The number of likely N-dealkylation sites (N-methyl/N-ethyl adjacent to an activating group) is 1. The van der Waals surface area contributed by atoms with E-state index in [0.29, 0.717) is 11.6 Å². The number of fused-ring (bicyclic) bond motifs is 1. The molecule has 5 rings (SSSR count). The number of aromatic amines is 1. The fourth-order valence-corrected chi connectivity index (χ4v) is 5.24. The van der Waals surface area contributed by atoms with Gasteiger partial charge in [-0.15, -0.1) is 11.3 Å². The lowest BCUT2D eigenvalue weighted by Crippen LogP contribution is -2.37. The van der Waals surface area contributed by atoms with Gasteiger partial charge in [0.15, 0.2) is 0 Å². The Bertz CT molecular complexity index is 1470. The van der Waals surface area contributed by atoms with E-state index in [1.54, 1.807) is 24.3 Å². The van der Waals surface area contributed by atoms with Crippen LogP contribution in [0.2, 0.25) is 0 Å². The van der Waals surface area contributed by atoms with Crippen molar-refractivity contribution in [3.8, 4) is 21.1 Å². The smallest absolute Gasteiger partial charge is 0.475 e. The number of carbonyl (C=O) groups excluding carboxylic acids is 1. The summed E-state index contributed by atoms with van der Waals surface area (Å²) in [6, 6.07) is 17.7. The van der Waals surface area contributed by atoms with Crippen LogP contribution in [0.15, 0.2) is 54.6 Å². The Balaban J connectivity index is 0.000000448. The highest BCUT2D eigenvalue weighted by Crippen LogP contribution is 2.34. The molecule has 12 heteroatoms. The summed E-state index contributed by atoms with van der Waals surface area (Å²) in [4.78, 5) is 34.8. The van der Waals surface area contributed by atoms with Gasteiger partial charge in [0.1, 0.15) is 11.6 Å². The predicted octanol–water partition coefficient (Wildman–Crippen LogP) is 5.78. The minimum atomic E-state index is -5.08. The van der Waals surface area contributed by atoms with Crippen molar-refractivity contribution < 1.29 is 32.3 Å². The van der Waals surface area contributed by atoms with Crippen molar-refractivity contribution >= 4 is 34.2 Å². The van der Waals surface area contributed by atoms with Crippen LogP contribution >= 0.6 is 11.3 Å². The number of amides is 1. The zero-order valence-corrected chi connectivity index (χ0v) is 21.9. The minimum Gasteiger partial charge on any atom is -0.475 e. The molecule has 1 fully saturated rings. The van der Waals surface area contributed by atoms with Gasteiger partial charge in [0, 0.05) is 44.5 Å². The quantitative estimate of drug-likeness (QED) is 0.301. The summed E-state index contributed by atoms with van der Waals surface area (Å²) in [5.41, 5.74) is 3.91. The van der Waals surface area contributed by atoms with E-state index in [2.05, 4.69) is 51.3 Å². The lowest BCUT2D eigenvalue weighted by atomic mass is 10.1. The molecule has 1 aliphatic heterocycles. The van der Waals surface area contributed by atoms with Crippen molar-refractivity contribution in [1.29, 1.82) is 0 Å². The molecule has 2 N–H and O–H groups in total. The monoisotopic (exact) mass is 562 g/mol. The molecule has 3 heterocycles. The summed E-state index contributed by atoms with van der Waals surface area (Å²) in [5.74, 6) is -2.13. The molecular weight excluding hydrogens is 536 g/mol. The fourth-order valence-electron chi connectivity index (χ4n) is 4.28. The summed E-state index contributed by atoms with van der Waals surface area (Å²) >= 11 is 1.67. The first-order valence-electron chi connectivity index (χ1n) is 12.0. The molecule has 1 atom stereocenters. The number of hydrogen-bond donors (Lipinski definition) is 2. The van der Waals surface area contributed by atoms with Crippen molar-refractivity contribution in [2.75, 3.05) is 20.1 Å². The first-order chi connectivity index (χ1) is 18.4. The SMILES string of the molecule is CC(=O)N(C)C1CCN(Cc2ccc(-c3ccc(-c4nc5ccc(F)cc5[nH]4)s3)cc2)C1.O=C(O)C(F)(F)F. The molecule has 206 valence electrons. The molecule has 4 aromatic rings. The van der Waals surface area contributed by atoms with Crippen LogP contribution < -0.4 is 0 Å². The van der Waals surface area contributed by atoms with Crippen LogP contribution in [-0.4, -0.2) is 69.1 Å². The number of benzene rings is 2. The summed E-state index contributed by atoms with van der Waals surface area (Å²) in [6.07, 6.45) is -4.05. The summed E-state index contributed by atoms with van der Waals surface area (Å²) in [6.45, 7) is 4.46. The van der Waals surface area contributed by atoms with Crippen LogP contribution in [0.4, 0.5) is 17.6 Å². The van der Waals surface area contributed by atoms with Crippen LogP contribution in [-0.2, 0) is 16.1 Å². The van der Waals surface area contributed by atoms with Crippen molar-refractivity contribution in [2.45, 2.75) is 32.1 Å². The Kier molecular flexibility index (Phi) is 8.36. The van der Waals surface area contributed by atoms with E-state index in [1.807, 2.05) is 11.9 Å². The maximum absolute atomic E-state index is 13.5. The normalized spacial score (nSPS) is 15.7. The molecule has 39 heavy (non-hydrogen) atoms. The molecule has 7 nitrogen and oxygen atoms in total. The van der Waals surface area contributed by atoms with Crippen LogP contribution in [0.1, 0.15) is 18.9 Å². The molecule has 2 aromatic carbocycles. The number of nitrogens with zero attached hydrogens (tertiary/aromatic N) is 3. The van der Waals surface area contributed by atoms with Crippen LogP contribution in [0.25, 0.3) is 32.2 Å². The molecule has 1 aliphatic rings. The number of carboxylic acid groups (broad SMARTS) is 1. The number of H-pyrrole nitrogens is 1. The van der Waals surface area contributed by atoms with Gasteiger partial charge in [0.2, 0.25) is 5.91 Å². The average Bonchev–Trinajstić information content (AvgIpc) is 3.63. The molecule has 1 unspecified atom stereocenters. The average molecular weight is 563 g/mol. The van der Waals surface area contributed by atoms with E-state index in [0.717, 1.165) is 42.3 Å². The number of hydrogen-bond acceptors (Lipinski definition) is 5. The van der Waals surface area contributed by atoms with Crippen molar-refractivity contribution in [3.63, 3.8) is 0 Å². The molecule has 0 bridgehead atoms. The number of carboxylic acids is 1. The molecule has 1 amide bonds. The number of halogens is 4. The molecule has 0 aliphatic carbocycles. The van der Waals surface area contributed by atoms with Gasteiger partial charge in [-0.3, -0.25) is 9.69 Å². The highest BCUT2D eigenvalue weighted by Gasteiger charge is 2.38. The number of alkyl halides is 3. The van der Waals surface area contributed by atoms with E-state index in [1.165, 1.54) is 28.1 Å². The zero-order chi connectivity index (χ0) is 28.3. The topological polar surface area (TPSA) is 89.5 Å². The van der Waals surface area contributed by atoms with E-state index < -0.39 is 12.1 Å².